The lowest BCUT2D eigenvalue weighted by Crippen LogP contribution is -2.47. The number of nitrogens with zero attached hydrogens (tertiary/aromatic N) is 2. The van der Waals surface area contributed by atoms with E-state index in [9.17, 15) is 13.7 Å². The number of ether oxygens (including phenoxy) is 1. The van der Waals surface area contributed by atoms with Gasteiger partial charge in [0.15, 0.2) is 0 Å². The summed E-state index contributed by atoms with van der Waals surface area (Å²) in [4.78, 5) is 2.34. The molecule has 1 unspecified atom stereocenters. The van der Waals surface area contributed by atoms with Crippen LogP contribution in [-0.4, -0.2) is 45.7 Å². The third kappa shape index (κ3) is 5.86. The number of hydrogen-bond acceptors (Lipinski definition) is 6. The predicted molar refractivity (Wildman–Crippen MR) is 96.3 cm³/mol. The molecule has 0 saturated carbocycles. The molecule has 1 aliphatic heterocycles. The number of hydrogen-bond donors (Lipinski definition) is 3. The third-order valence-corrected chi connectivity index (χ3v) is 4.64. The highest BCUT2D eigenvalue weighted by atomic mass is 32.2. The van der Waals surface area contributed by atoms with Gasteiger partial charge in [0.05, 0.1) is 5.69 Å². The minimum absolute atomic E-state index is 0.121. The highest BCUT2D eigenvalue weighted by Crippen LogP contribution is 2.27. The van der Waals surface area contributed by atoms with Gasteiger partial charge < -0.3 is 10.1 Å². The zero-order valence-electron chi connectivity index (χ0n) is 14.4. The van der Waals surface area contributed by atoms with Crippen LogP contribution < -0.4 is 19.9 Å². The van der Waals surface area contributed by atoms with Crippen molar-refractivity contribution in [1.29, 1.82) is 5.26 Å². The second-order valence-electron chi connectivity index (χ2n) is 5.97. The van der Waals surface area contributed by atoms with Crippen molar-refractivity contribution in [2.24, 2.45) is 5.14 Å². The van der Waals surface area contributed by atoms with E-state index in [1.807, 2.05) is 6.07 Å². The Morgan fingerprint density at radius 1 is 1.44 bits per heavy atom. The Labute approximate surface area is 149 Å². The molecule has 9 heteroatoms. The molecule has 4 N–H and O–H groups in total. The molecule has 8 nitrogen and oxygen atoms in total. The van der Waals surface area contributed by atoms with Gasteiger partial charge in [-0.1, -0.05) is 19.4 Å². The molecule has 0 aromatic heterocycles. The van der Waals surface area contributed by atoms with Crippen LogP contribution in [-0.2, 0) is 10.2 Å². The van der Waals surface area contributed by atoms with Gasteiger partial charge >= 0.3 is 0 Å². The first-order valence-electron chi connectivity index (χ1n) is 8.35. The molecule has 138 valence electrons. The van der Waals surface area contributed by atoms with Crippen molar-refractivity contribution in [3.05, 3.63) is 23.8 Å². The van der Waals surface area contributed by atoms with Gasteiger partial charge in [0.25, 0.3) is 10.2 Å². The molecule has 0 aliphatic carbocycles. The summed E-state index contributed by atoms with van der Waals surface area (Å²) in [6.07, 6.45) is 3.34. The molecule has 1 atom stereocenters. The van der Waals surface area contributed by atoms with Crippen LogP contribution in [0.15, 0.2) is 18.2 Å². The maximum absolute atomic E-state index is 11.2. The number of nitrogens with one attached hydrogen (secondary N) is 2. The molecular formula is C16H25N5O3S. The molecule has 0 spiro atoms. The second-order valence-corrected chi connectivity index (χ2v) is 7.27. The van der Waals surface area contributed by atoms with Crippen LogP contribution in [0.5, 0.6) is 5.75 Å². The lowest BCUT2D eigenvalue weighted by Gasteiger charge is -2.35. The largest absolute Gasteiger partial charge is 0.490 e. The van der Waals surface area contributed by atoms with Crippen molar-refractivity contribution in [3.8, 4) is 11.8 Å². The molecule has 0 amide bonds. The SMILES string of the molecule is CCNCN1CCCCC1COc1cccc(NS(N)(=O)=O)c1C#N. The van der Waals surface area contributed by atoms with Crippen LogP contribution in [0, 0.1) is 11.3 Å². The normalized spacial score (nSPS) is 18.5. The first-order valence-corrected chi connectivity index (χ1v) is 9.90. The lowest BCUT2D eigenvalue weighted by molar-refractivity contribution is 0.0925. The minimum atomic E-state index is -3.95. The van der Waals surface area contributed by atoms with Crippen molar-refractivity contribution in [3.63, 3.8) is 0 Å². The summed E-state index contributed by atoms with van der Waals surface area (Å²) in [6.45, 7) is 5.24. The van der Waals surface area contributed by atoms with Gasteiger partial charge in [-0.3, -0.25) is 9.62 Å². The fraction of sp³-hybridized carbons (Fsp3) is 0.562. The Kier molecular flexibility index (Phi) is 7.01. The molecule has 0 radical (unpaired) electrons. The van der Waals surface area contributed by atoms with E-state index in [4.69, 9.17) is 9.88 Å². The van der Waals surface area contributed by atoms with Crippen LogP contribution >= 0.6 is 0 Å². The molecule has 1 aromatic carbocycles. The first-order chi connectivity index (χ1) is 11.9. The van der Waals surface area contributed by atoms with E-state index >= 15 is 0 Å². The first kappa shape index (κ1) is 19.5. The van der Waals surface area contributed by atoms with Gasteiger partial charge in [-0.25, -0.2) is 5.14 Å². The standard InChI is InChI=1S/C16H25N5O3S/c1-2-19-12-21-9-4-3-6-13(21)11-24-16-8-5-7-15(14(16)10-17)20-25(18,22)23/h5,7-8,13,19-20H,2-4,6,9,11-12H2,1H3,(H2,18,22,23). The van der Waals surface area contributed by atoms with E-state index in [1.54, 1.807) is 12.1 Å². The highest BCUT2D eigenvalue weighted by Gasteiger charge is 2.23. The lowest BCUT2D eigenvalue weighted by atomic mass is 10.0. The van der Waals surface area contributed by atoms with E-state index in [1.165, 1.54) is 12.5 Å². The van der Waals surface area contributed by atoms with Gasteiger partial charge in [0.1, 0.15) is 24.0 Å². The summed E-state index contributed by atoms with van der Waals surface area (Å²) in [5.74, 6) is 0.352. The van der Waals surface area contributed by atoms with Crippen molar-refractivity contribution >= 4 is 15.9 Å². The van der Waals surface area contributed by atoms with Gasteiger partial charge in [0.2, 0.25) is 0 Å². The summed E-state index contributed by atoms with van der Waals surface area (Å²) in [7, 11) is -3.95. The monoisotopic (exact) mass is 367 g/mol. The van der Waals surface area contributed by atoms with Crippen LogP contribution in [0.25, 0.3) is 0 Å². The molecule has 1 aromatic rings. The van der Waals surface area contributed by atoms with Crippen LogP contribution in [0.2, 0.25) is 0 Å². The van der Waals surface area contributed by atoms with Crippen LogP contribution in [0.3, 0.4) is 0 Å². The van der Waals surface area contributed by atoms with E-state index in [-0.39, 0.29) is 17.3 Å². The Morgan fingerprint density at radius 3 is 2.92 bits per heavy atom. The van der Waals surface area contributed by atoms with Crippen LogP contribution in [0.4, 0.5) is 5.69 Å². The Balaban J connectivity index is 2.09. The number of anilines is 1. The van der Waals surface area contributed by atoms with E-state index in [0.717, 1.165) is 32.6 Å². The van der Waals surface area contributed by atoms with Crippen molar-refractivity contribution in [2.45, 2.75) is 32.2 Å². The summed E-state index contributed by atoms with van der Waals surface area (Å²) >= 11 is 0. The maximum Gasteiger partial charge on any atom is 0.296 e. The van der Waals surface area contributed by atoms with Gasteiger partial charge in [0, 0.05) is 12.7 Å². The maximum atomic E-state index is 11.2. The van der Waals surface area contributed by atoms with Crippen molar-refractivity contribution in [1.82, 2.24) is 10.2 Å². The predicted octanol–water partition coefficient (Wildman–Crippen LogP) is 0.974. The van der Waals surface area contributed by atoms with E-state index in [0.29, 0.717) is 12.4 Å². The van der Waals surface area contributed by atoms with E-state index < -0.39 is 10.2 Å². The second kappa shape index (κ2) is 9.01. The number of nitrogens with two attached hydrogens (primary N) is 1. The van der Waals surface area contributed by atoms with Gasteiger partial charge in [-0.2, -0.15) is 13.7 Å². The summed E-state index contributed by atoms with van der Waals surface area (Å²) in [5.41, 5.74) is 0.251. The molecule has 25 heavy (non-hydrogen) atoms. The zero-order valence-corrected chi connectivity index (χ0v) is 15.2. The molecular weight excluding hydrogens is 342 g/mol. The third-order valence-electron chi connectivity index (χ3n) is 4.14. The van der Waals surface area contributed by atoms with Crippen LogP contribution in [0.1, 0.15) is 31.7 Å². The number of benzene rings is 1. The Morgan fingerprint density at radius 2 is 2.24 bits per heavy atom. The fourth-order valence-electron chi connectivity index (χ4n) is 2.90. The summed E-state index contributed by atoms with van der Waals surface area (Å²) in [5, 5.41) is 17.7. The molecule has 1 heterocycles. The highest BCUT2D eigenvalue weighted by molar-refractivity contribution is 7.90. The quantitative estimate of drug-likeness (QED) is 0.630. The van der Waals surface area contributed by atoms with Crippen molar-refractivity contribution in [2.75, 3.05) is 31.1 Å². The fourth-order valence-corrected chi connectivity index (χ4v) is 3.38. The molecule has 1 fully saturated rings. The summed E-state index contributed by atoms with van der Waals surface area (Å²) < 4.78 is 30.5. The van der Waals surface area contributed by atoms with E-state index in [2.05, 4.69) is 21.9 Å². The Hall–Kier alpha value is -1.86. The minimum Gasteiger partial charge on any atom is -0.490 e. The number of piperidine rings is 1. The summed E-state index contributed by atoms with van der Waals surface area (Å²) in [6, 6.07) is 7.01. The molecule has 1 saturated heterocycles. The number of likely N-dealkylation sites (tertiary alicyclic amines) is 1. The average molecular weight is 367 g/mol. The van der Waals surface area contributed by atoms with Gasteiger partial charge in [-0.15, -0.1) is 0 Å². The van der Waals surface area contributed by atoms with Gasteiger partial charge in [-0.05, 0) is 38.1 Å². The zero-order chi connectivity index (χ0) is 18.3. The molecule has 2 rings (SSSR count). The molecule has 0 bridgehead atoms. The smallest absolute Gasteiger partial charge is 0.296 e. The number of rotatable bonds is 8. The van der Waals surface area contributed by atoms with Crippen molar-refractivity contribution < 1.29 is 13.2 Å². The number of nitriles is 1. The topological polar surface area (TPSA) is 120 Å². The average Bonchev–Trinajstić information content (AvgIpc) is 2.57. The Bertz CT molecular complexity index is 717. The molecule has 1 aliphatic rings.